The molecule has 0 aliphatic rings. The topological polar surface area (TPSA) is 38.1 Å². The second-order valence-electron chi connectivity index (χ2n) is 2.89. The summed E-state index contributed by atoms with van der Waals surface area (Å²) in [6.07, 6.45) is 1.62. The van der Waals surface area contributed by atoms with Crippen LogP contribution in [0.4, 0.5) is 0 Å². The van der Waals surface area contributed by atoms with E-state index >= 15 is 0 Å². The van der Waals surface area contributed by atoms with Crippen LogP contribution in [-0.2, 0) is 6.54 Å². The molecule has 1 heterocycles. The van der Waals surface area contributed by atoms with Crippen molar-refractivity contribution in [2.45, 2.75) is 6.54 Å². The van der Waals surface area contributed by atoms with Crippen molar-refractivity contribution < 1.29 is 0 Å². The molecule has 6 heteroatoms. The van der Waals surface area contributed by atoms with Gasteiger partial charge >= 0.3 is 0 Å². The molecule has 0 fully saturated rings. The van der Waals surface area contributed by atoms with Gasteiger partial charge < -0.3 is 4.90 Å². The van der Waals surface area contributed by atoms with E-state index in [0.29, 0.717) is 6.54 Å². The average Bonchev–Trinajstić information content (AvgIpc) is 2.03. The predicted molar refractivity (Wildman–Crippen MR) is 61.5 cm³/mol. The van der Waals surface area contributed by atoms with Gasteiger partial charge in [-0.25, -0.2) is 4.68 Å². The lowest BCUT2D eigenvalue weighted by Gasteiger charge is -2.09. The van der Waals surface area contributed by atoms with Gasteiger partial charge in [-0.05, 0) is 20.2 Å². The number of aromatic nitrogens is 2. The van der Waals surface area contributed by atoms with Gasteiger partial charge in [0.05, 0.1) is 6.54 Å². The van der Waals surface area contributed by atoms with E-state index in [0.717, 1.165) is 6.54 Å². The summed E-state index contributed by atoms with van der Waals surface area (Å²) < 4.78 is 1.46. The number of hydrogen-bond donors (Lipinski definition) is 0. The Balaban J connectivity index is 0. The Morgan fingerprint density at radius 2 is 2.07 bits per heavy atom. The highest BCUT2D eigenvalue weighted by Gasteiger charge is 1.95. The smallest absolute Gasteiger partial charge is 0.266 e. The molecule has 14 heavy (non-hydrogen) atoms. The second-order valence-corrected chi connectivity index (χ2v) is 2.89. The van der Waals surface area contributed by atoms with Crippen LogP contribution < -0.4 is 5.56 Å². The lowest BCUT2D eigenvalue weighted by molar-refractivity contribution is 0.367. The summed E-state index contributed by atoms with van der Waals surface area (Å²) in [5.41, 5.74) is -0.0423. The van der Waals surface area contributed by atoms with Crippen LogP contribution >= 0.6 is 24.8 Å². The van der Waals surface area contributed by atoms with E-state index in [1.54, 1.807) is 12.3 Å². The van der Waals surface area contributed by atoms with Crippen molar-refractivity contribution in [3.8, 4) is 0 Å². The van der Waals surface area contributed by atoms with Crippen molar-refractivity contribution >= 4 is 24.8 Å². The fraction of sp³-hybridized carbons (Fsp3) is 0.500. The maximum atomic E-state index is 11.1. The highest BCUT2D eigenvalue weighted by molar-refractivity contribution is 5.85. The van der Waals surface area contributed by atoms with Gasteiger partial charge in [-0.15, -0.1) is 24.8 Å². The molecule has 0 N–H and O–H groups in total. The van der Waals surface area contributed by atoms with E-state index in [2.05, 4.69) is 5.10 Å². The molecular weight excluding hydrogens is 225 g/mol. The Morgan fingerprint density at radius 3 is 2.57 bits per heavy atom. The summed E-state index contributed by atoms with van der Waals surface area (Å²) in [6, 6.07) is 3.16. The molecule has 0 saturated carbocycles. The van der Waals surface area contributed by atoms with Gasteiger partial charge in [-0.2, -0.15) is 5.10 Å². The van der Waals surface area contributed by atoms with E-state index in [9.17, 15) is 4.79 Å². The van der Waals surface area contributed by atoms with Crippen LogP contribution in [0.3, 0.4) is 0 Å². The van der Waals surface area contributed by atoms with Crippen molar-refractivity contribution in [3.63, 3.8) is 0 Å². The van der Waals surface area contributed by atoms with Crippen LogP contribution in [0.25, 0.3) is 0 Å². The Labute approximate surface area is 95.7 Å². The number of halogens is 2. The van der Waals surface area contributed by atoms with Crippen molar-refractivity contribution in [3.05, 3.63) is 28.7 Å². The predicted octanol–water partition coefficient (Wildman–Crippen LogP) is 0.648. The SMILES string of the molecule is CN(C)CCn1ncccc1=O.Cl.Cl. The molecule has 0 aromatic carbocycles. The second kappa shape index (κ2) is 7.79. The van der Waals surface area contributed by atoms with E-state index in [1.807, 2.05) is 19.0 Å². The van der Waals surface area contributed by atoms with Crippen LogP contribution in [0, 0.1) is 0 Å². The zero-order valence-corrected chi connectivity index (χ0v) is 9.85. The first kappa shape index (κ1) is 15.9. The van der Waals surface area contributed by atoms with Gasteiger partial charge in [0.2, 0.25) is 0 Å². The number of rotatable bonds is 3. The molecule has 0 atom stereocenters. The molecule has 82 valence electrons. The van der Waals surface area contributed by atoms with Crippen molar-refractivity contribution in [1.82, 2.24) is 14.7 Å². The molecule has 1 aromatic heterocycles. The van der Waals surface area contributed by atoms with Crippen molar-refractivity contribution in [1.29, 1.82) is 0 Å². The highest BCUT2D eigenvalue weighted by Crippen LogP contribution is 1.79. The summed E-state index contributed by atoms with van der Waals surface area (Å²) in [5, 5.41) is 3.93. The maximum absolute atomic E-state index is 11.1. The number of nitrogens with zero attached hydrogens (tertiary/aromatic N) is 3. The van der Waals surface area contributed by atoms with Crippen LogP contribution in [-0.4, -0.2) is 35.3 Å². The normalized spacial score (nSPS) is 9.07. The van der Waals surface area contributed by atoms with Crippen molar-refractivity contribution in [2.75, 3.05) is 20.6 Å². The minimum absolute atomic E-state index is 0. The van der Waals surface area contributed by atoms with E-state index in [1.165, 1.54) is 10.7 Å². The third-order valence-electron chi connectivity index (χ3n) is 1.54. The Hall–Kier alpha value is -0.580. The summed E-state index contributed by atoms with van der Waals surface area (Å²) in [6.45, 7) is 1.48. The lowest BCUT2D eigenvalue weighted by Crippen LogP contribution is -2.27. The molecule has 0 unspecified atom stereocenters. The van der Waals surface area contributed by atoms with Gasteiger partial charge in [0, 0.05) is 18.8 Å². The largest absolute Gasteiger partial charge is 0.308 e. The standard InChI is InChI=1S/C8H13N3O.2ClH/c1-10(2)6-7-11-8(12)4-3-5-9-11;;/h3-5H,6-7H2,1-2H3;2*1H. The quantitative estimate of drug-likeness (QED) is 0.778. The van der Waals surface area contributed by atoms with Crippen molar-refractivity contribution in [2.24, 2.45) is 0 Å². The minimum atomic E-state index is -0.0423. The molecule has 0 amide bonds. The van der Waals surface area contributed by atoms with Crippen LogP contribution in [0.5, 0.6) is 0 Å². The first-order valence-corrected chi connectivity index (χ1v) is 3.87. The lowest BCUT2D eigenvalue weighted by atomic mass is 10.5. The molecule has 0 aliphatic carbocycles. The number of hydrogen-bond acceptors (Lipinski definition) is 3. The zero-order valence-electron chi connectivity index (χ0n) is 8.21. The van der Waals surface area contributed by atoms with Crippen LogP contribution in [0.2, 0.25) is 0 Å². The molecule has 0 radical (unpaired) electrons. The fourth-order valence-electron chi connectivity index (χ4n) is 0.850. The van der Waals surface area contributed by atoms with Gasteiger partial charge in [0.15, 0.2) is 0 Å². The molecule has 0 aliphatic heterocycles. The molecule has 1 rings (SSSR count). The average molecular weight is 240 g/mol. The Kier molecular flexibility index (Phi) is 8.83. The first-order chi connectivity index (χ1) is 5.70. The van der Waals surface area contributed by atoms with Crippen LogP contribution in [0.15, 0.2) is 23.1 Å². The van der Waals surface area contributed by atoms with Crippen LogP contribution in [0.1, 0.15) is 0 Å². The third kappa shape index (κ3) is 5.21. The molecule has 1 aromatic rings. The zero-order chi connectivity index (χ0) is 8.97. The van der Waals surface area contributed by atoms with Gasteiger partial charge in [0.1, 0.15) is 0 Å². The van der Waals surface area contributed by atoms with Gasteiger partial charge in [-0.1, -0.05) is 0 Å². The molecule has 0 saturated heterocycles. The summed E-state index contributed by atoms with van der Waals surface area (Å²) in [5.74, 6) is 0. The monoisotopic (exact) mass is 239 g/mol. The first-order valence-electron chi connectivity index (χ1n) is 3.87. The molecule has 0 bridgehead atoms. The fourth-order valence-corrected chi connectivity index (χ4v) is 0.850. The van der Waals surface area contributed by atoms with E-state index < -0.39 is 0 Å². The van der Waals surface area contributed by atoms with E-state index in [-0.39, 0.29) is 30.4 Å². The third-order valence-corrected chi connectivity index (χ3v) is 1.54. The van der Waals surface area contributed by atoms with E-state index in [4.69, 9.17) is 0 Å². The molecular formula is C8H15Cl2N3O. The minimum Gasteiger partial charge on any atom is -0.308 e. The maximum Gasteiger partial charge on any atom is 0.266 e. The molecule has 4 nitrogen and oxygen atoms in total. The summed E-state index contributed by atoms with van der Waals surface area (Å²) in [4.78, 5) is 13.1. The Bertz CT molecular complexity index is 301. The van der Waals surface area contributed by atoms with Gasteiger partial charge in [-0.3, -0.25) is 4.79 Å². The number of likely N-dealkylation sites (N-methyl/N-ethyl adjacent to an activating group) is 1. The Morgan fingerprint density at radius 1 is 1.43 bits per heavy atom. The van der Waals surface area contributed by atoms with Gasteiger partial charge in [0.25, 0.3) is 5.56 Å². The summed E-state index contributed by atoms with van der Waals surface area (Å²) >= 11 is 0. The summed E-state index contributed by atoms with van der Waals surface area (Å²) in [7, 11) is 3.93. The molecule has 0 spiro atoms. The highest BCUT2D eigenvalue weighted by atomic mass is 35.5.